The van der Waals surface area contributed by atoms with Gasteiger partial charge in [-0.05, 0) is 37.2 Å². The van der Waals surface area contributed by atoms with Crippen molar-refractivity contribution < 1.29 is 27.9 Å². The predicted molar refractivity (Wildman–Crippen MR) is 96.0 cm³/mol. The van der Waals surface area contributed by atoms with E-state index in [1.165, 1.54) is 5.56 Å². The zero-order valence-electron chi connectivity index (χ0n) is 15.2. The van der Waals surface area contributed by atoms with Crippen LogP contribution in [0.4, 0.5) is 13.2 Å². The highest BCUT2D eigenvalue weighted by Gasteiger charge is 2.41. The molecule has 1 saturated carbocycles. The number of amides is 2. The van der Waals surface area contributed by atoms with Crippen LogP contribution in [-0.2, 0) is 9.59 Å². The van der Waals surface area contributed by atoms with E-state index in [-0.39, 0.29) is 6.04 Å². The summed E-state index contributed by atoms with van der Waals surface area (Å²) in [5, 5.41) is 12.9. The Morgan fingerprint density at radius 3 is 2.39 bits per heavy atom. The van der Waals surface area contributed by atoms with Crippen LogP contribution in [0.1, 0.15) is 37.2 Å². The number of nitrogens with zero attached hydrogens (tertiary/aromatic N) is 1. The second-order valence-corrected chi connectivity index (χ2v) is 7.36. The van der Waals surface area contributed by atoms with Crippen LogP contribution in [0.15, 0.2) is 42.6 Å². The fourth-order valence-electron chi connectivity index (χ4n) is 3.85. The van der Waals surface area contributed by atoms with Gasteiger partial charge in [-0.2, -0.15) is 13.2 Å². The predicted octanol–water partition coefficient (Wildman–Crippen LogP) is 2.72. The molecular formula is C20H23F3N2O3. The van der Waals surface area contributed by atoms with Crippen molar-refractivity contribution in [1.29, 1.82) is 0 Å². The quantitative estimate of drug-likeness (QED) is 0.822. The van der Waals surface area contributed by atoms with Crippen molar-refractivity contribution in [1.82, 2.24) is 10.2 Å². The average Bonchev–Trinajstić information content (AvgIpc) is 2.66. The van der Waals surface area contributed by atoms with E-state index in [9.17, 15) is 27.9 Å². The first-order valence-corrected chi connectivity index (χ1v) is 9.33. The number of alkyl halides is 3. The van der Waals surface area contributed by atoms with Crippen molar-refractivity contribution in [2.75, 3.05) is 6.54 Å². The summed E-state index contributed by atoms with van der Waals surface area (Å²) in [6, 6.07) is 10.1. The van der Waals surface area contributed by atoms with Crippen LogP contribution in [0.3, 0.4) is 0 Å². The summed E-state index contributed by atoms with van der Waals surface area (Å²) in [5.41, 5.74) is 1.27. The molecule has 0 radical (unpaired) electrons. The van der Waals surface area contributed by atoms with E-state index < -0.39 is 36.6 Å². The SMILES string of the molecule is O=C(NC1CCC(c2ccccc2)CC1)C1C=CN(CC(F)(F)F)C(=O)C1O. The number of nitrogens with one attached hydrogen (secondary N) is 1. The number of aliphatic hydroxyl groups is 1. The van der Waals surface area contributed by atoms with Crippen LogP contribution >= 0.6 is 0 Å². The van der Waals surface area contributed by atoms with Gasteiger partial charge in [0.25, 0.3) is 5.91 Å². The molecule has 0 saturated heterocycles. The van der Waals surface area contributed by atoms with Gasteiger partial charge in [-0.15, -0.1) is 0 Å². The Morgan fingerprint density at radius 1 is 1.14 bits per heavy atom. The second-order valence-electron chi connectivity index (χ2n) is 7.36. The Balaban J connectivity index is 1.54. The highest BCUT2D eigenvalue weighted by Crippen LogP contribution is 2.33. The summed E-state index contributed by atoms with van der Waals surface area (Å²) in [6.07, 6.45) is -0.938. The number of aliphatic hydroxyl groups excluding tert-OH is 1. The molecule has 2 unspecified atom stereocenters. The van der Waals surface area contributed by atoms with E-state index in [1.807, 2.05) is 18.2 Å². The van der Waals surface area contributed by atoms with E-state index in [2.05, 4.69) is 17.4 Å². The van der Waals surface area contributed by atoms with Crippen molar-refractivity contribution >= 4 is 11.8 Å². The maximum absolute atomic E-state index is 12.5. The lowest BCUT2D eigenvalue weighted by Gasteiger charge is -2.33. The molecule has 1 aromatic carbocycles. The molecule has 0 bridgehead atoms. The third kappa shape index (κ3) is 4.92. The Bertz CT molecular complexity index is 728. The van der Waals surface area contributed by atoms with Crippen molar-refractivity contribution in [3.63, 3.8) is 0 Å². The third-order valence-corrected chi connectivity index (χ3v) is 5.35. The molecule has 2 N–H and O–H groups in total. The van der Waals surface area contributed by atoms with Crippen molar-refractivity contribution in [3.05, 3.63) is 48.2 Å². The van der Waals surface area contributed by atoms with Gasteiger partial charge in [-0.25, -0.2) is 0 Å². The van der Waals surface area contributed by atoms with Crippen LogP contribution in [0.5, 0.6) is 0 Å². The van der Waals surface area contributed by atoms with Crippen LogP contribution in [0.25, 0.3) is 0 Å². The van der Waals surface area contributed by atoms with E-state index in [4.69, 9.17) is 0 Å². The first kappa shape index (κ1) is 20.4. The Morgan fingerprint density at radius 2 is 1.79 bits per heavy atom. The zero-order valence-corrected chi connectivity index (χ0v) is 15.2. The Hall–Kier alpha value is -2.35. The van der Waals surface area contributed by atoms with Crippen LogP contribution < -0.4 is 5.32 Å². The molecule has 152 valence electrons. The molecule has 1 heterocycles. The van der Waals surface area contributed by atoms with Crippen LogP contribution in [0.2, 0.25) is 0 Å². The molecule has 1 aliphatic heterocycles. The fraction of sp³-hybridized carbons (Fsp3) is 0.500. The maximum Gasteiger partial charge on any atom is 0.406 e. The number of carbonyl (C=O) groups excluding carboxylic acids is 2. The normalized spacial score (nSPS) is 28.3. The molecule has 0 spiro atoms. The number of carbonyl (C=O) groups is 2. The Labute approximate surface area is 161 Å². The van der Waals surface area contributed by atoms with Crippen molar-refractivity contribution in [3.8, 4) is 0 Å². The average molecular weight is 396 g/mol. The molecule has 2 atom stereocenters. The topological polar surface area (TPSA) is 69.6 Å². The summed E-state index contributed by atoms with van der Waals surface area (Å²) < 4.78 is 37.4. The molecule has 8 heteroatoms. The fourth-order valence-corrected chi connectivity index (χ4v) is 3.85. The third-order valence-electron chi connectivity index (χ3n) is 5.35. The smallest absolute Gasteiger partial charge is 0.382 e. The molecule has 1 aromatic rings. The summed E-state index contributed by atoms with van der Waals surface area (Å²) in [5.74, 6) is -2.39. The first-order chi connectivity index (χ1) is 13.2. The monoisotopic (exact) mass is 396 g/mol. The van der Waals surface area contributed by atoms with Gasteiger partial charge in [-0.3, -0.25) is 9.59 Å². The number of halogens is 3. The maximum atomic E-state index is 12.5. The molecule has 1 fully saturated rings. The lowest BCUT2D eigenvalue weighted by molar-refractivity contribution is -0.164. The number of rotatable bonds is 4. The molecule has 5 nitrogen and oxygen atoms in total. The van der Waals surface area contributed by atoms with Gasteiger partial charge in [0.2, 0.25) is 5.91 Å². The molecule has 2 aliphatic rings. The van der Waals surface area contributed by atoms with E-state index in [1.54, 1.807) is 0 Å². The standard InChI is InChI=1S/C20H23F3N2O3/c21-20(22,23)12-25-11-10-16(17(26)19(25)28)18(27)24-15-8-6-14(7-9-15)13-4-2-1-3-5-13/h1-5,10-11,14-17,26H,6-9,12H2,(H,24,27). The van der Waals surface area contributed by atoms with Gasteiger partial charge in [0, 0.05) is 12.2 Å². The molecule has 3 rings (SSSR count). The molecule has 0 aromatic heterocycles. The van der Waals surface area contributed by atoms with Crippen molar-refractivity contribution in [2.45, 2.75) is 49.9 Å². The number of hydrogen-bond acceptors (Lipinski definition) is 3. The van der Waals surface area contributed by atoms with E-state index >= 15 is 0 Å². The van der Waals surface area contributed by atoms with E-state index in [0.717, 1.165) is 38.0 Å². The minimum absolute atomic E-state index is 0.0728. The van der Waals surface area contributed by atoms with Gasteiger partial charge in [0.15, 0.2) is 0 Å². The van der Waals surface area contributed by atoms with E-state index in [0.29, 0.717) is 10.8 Å². The first-order valence-electron chi connectivity index (χ1n) is 9.33. The van der Waals surface area contributed by atoms with Crippen LogP contribution in [-0.4, -0.2) is 46.7 Å². The van der Waals surface area contributed by atoms with Gasteiger partial charge in [-0.1, -0.05) is 36.4 Å². The molecular weight excluding hydrogens is 373 g/mol. The second kappa shape index (κ2) is 8.34. The van der Waals surface area contributed by atoms with Crippen molar-refractivity contribution in [2.24, 2.45) is 5.92 Å². The summed E-state index contributed by atoms with van der Waals surface area (Å²) >= 11 is 0. The van der Waals surface area contributed by atoms with Gasteiger partial charge >= 0.3 is 6.18 Å². The van der Waals surface area contributed by atoms with Gasteiger partial charge in [0.1, 0.15) is 12.6 Å². The summed E-state index contributed by atoms with van der Waals surface area (Å²) in [6.45, 7) is -1.49. The Kier molecular flexibility index (Phi) is 6.07. The largest absolute Gasteiger partial charge is 0.406 e. The highest BCUT2D eigenvalue weighted by atomic mass is 19.4. The summed E-state index contributed by atoms with van der Waals surface area (Å²) in [7, 11) is 0. The molecule has 1 aliphatic carbocycles. The zero-order chi connectivity index (χ0) is 20.3. The molecule has 2 amide bonds. The van der Waals surface area contributed by atoms with Crippen LogP contribution in [0, 0.1) is 5.92 Å². The van der Waals surface area contributed by atoms with Gasteiger partial charge < -0.3 is 15.3 Å². The lowest BCUT2D eigenvalue weighted by Crippen LogP contribution is -2.51. The minimum Gasteiger partial charge on any atom is -0.382 e. The minimum atomic E-state index is -4.58. The number of hydrogen-bond donors (Lipinski definition) is 2. The highest BCUT2D eigenvalue weighted by molar-refractivity contribution is 5.92. The van der Waals surface area contributed by atoms with Gasteiger partial charge in [0.05, 0.1) is 5.92 Å². The summed E-state index contributed by atoms with van der Waals surface area (Å²) in [4.78, 5) is 24.8. The number of benzene rings is 1. The molecule has 28 heavy (non-hydrogen) atoms. The lowest BCUT2D eigenvalue weighted by atomic mass is 9.81.